The summed E-state index contributed by atoms with van der Waals surface area (Å²) in [7, 11) is -3.53. The fourth-order valence-corrected chi connectivity index (χ4v) is 5.06. The van der Waals surface area contributed by atoms with E-state index < -0.39 is 21.9 Å². The van der Waals surface area contributed by atoms with E-state index in [2.05, 4.69) is 0 Å². The maximum Gasteiger partial charge on any atom is 0.308 e. The van der Waals surface area contributed by atoms with Crippen molar-refractivity contribution in [2.75, 3.05) is 13.1 Å². The van der Waals surface area contributed by atoms with E-state index in [-0.39, 0.29) is 19.0 Å². The number of carboxylic acid groups (broad SMARTS) is 1. The zero-order valence-electron chi connectivity index (χ0n) is 10.2. The van der Waals surface area contributed by atoms with E-state index in [9.17, 15) is 13.2 Å². The maximum atomic E-state index is 12.3. The largest absolute Gasteiger partial charge is 0.481 e. The summed E-state index contributed by atoms with van der Waals surface area (Å²) in [5, 5.41) is 10.8. The molecule has 0 aliphatic carbocycles. The maximum absolute atomic E-state index is 12.3. The first kappa shape index (κ1) is 13.5. The van der Waals surface area contributed by atoms with Gasteiger partial charge in [-0.2, -0.15) is 4.31 Å². The molecule has 0 amide bonds. The summed E-state index contributed by atoms with van der Waals surface area (Å²) in [5.74, 6) is -1.69. The van der Waals surface area contributed by atoms with Gasteiger partial charge in [-0.15, -0.1) is 11.3 Å². The van der Waals surface area contributed by atoms with Gasteiger partial charge in [0.15, 0.2) is 0 Å². The Balaban J connectivity index is 2.26. The molecule has 18 heavy (non-hydrogen) atoms. The Kier molecular flexibility index (Phi) is 3.48. The number of sulfonamides is 1. The van der Waals surface area contributed by atoms with E-state index >= 15 is 0 Å². The fraction of sp³-hybridized carbons (Fsp3) is 0.545. The van der Waals surface area contributed by atoms with Gasteiger partial charge < -0.3 is 5.11 Å². The number of hydrogen-bond acceptors (Lipinski definition) is 4. The highest BCUT2D eigenvalue weighted by molar-refractivity contribution is 7.91. The van der Waals surface area contributed by atoms with E-state index in [1.807, 2.05) is 6.92 Å². The lowest BCUT2D eigenvalue weighted by Gasteiger charge is -2.14. The van der Waals surface area contributed by atoms with E-state index in [0.717, 1.165) is 5.56 Å². The quantitative estimate of drug-likeness (QED) is 0.912. The molecule has 0 spiro atoms. The minimum atomic E-state index is -3.53. The molecule has 0 aromatic carbocycles. The Labute approximate surface area is 110 Å². The second kappa shape index (κ2) is 4.64. The predicted molar refractivity (Wildman–Crippen MR) is 68.1 cm³/mol. The van der Waals surface area contributed by atoms with Crippen LogP contribution in [0.4, 0.5) is 0 Å². The van der Waals surface area contributed by atoms with Gasteiger partial charge in [0.2, 0.25) is 0 Å². The second-order valence-corrected chi connectivity index (χ2v) is 7.76. The van der Waals surface area contributed by atoms with E-state index in [1.54, 1.807) is 18.4 Å². The van der Waals surface area contributed by atoms with Gasteiger partial charge in [0.1, 0.15) is 4.21 Å². The van der Waals surface area contributed by atoms with Gasteiger partial charge in [-0.1, -0.05) is 6.92 Å². The van der Waals surface area contributed by atoms with Crippen molar-refractivity contribution in [2.24, 2.45) is 11.8 Å². The third-order valence-electron chi connectivity index (χ3n) is 3.20. The molecule has 1 aliphatic heterocycles. The Bertz CT molecular complexity index is 563. The number of aryl methyl sites for hydroxylation is 1. The average Bonchev–Trinajstić information content (AvgIpc) is 2.84. The number of carboxylic acids is 1. The molecule has 0 saturated carbocycles. The Morgan fingerprint density at radius 3 is 2.61 bits per heavy atom. The van der Waals surface area contributed by atoms with E-state index in [1.165, 1.54) is 15.6 Å². The zero-order valence-corrected chi connectivity index (χ0v) is 11.8. The van der Waals surface area contributed by atoms with Crippen LogP contribution in [0.1, 0.15) is 12.5 Å². The molecule has 1 aromatic rings. The van der Waals surface area contributed by atoms with Crippen molar-refractivity contribution in [1.29, 1.82) is 0 Å². The number of nitrogens with zero attached hydrogens (tertiary/aromatic N) is 1. The molecule has 1 fully saturated rings. The van der Waals surface area contributed by atoms with Crippen molar-refractivity contribution in [3.05, 3.63) is 17.0 Å². The number of hydrogen-bond donors (Lipinski definition) is 1. The lowest BCUT2D eigenvalue weighted by Crippen LogP contribution is -2.29. The summed E-state index contributed by atoms with van der Waals surface area (Å²) in [6.45, 7) is 3.95. The lowest BCUT2D eigenvalue weighted by molar-refractivity contribution is -0.142. The summed E-state index contributed by atoms with van der Waals surface area (Å²) >= 11 is 1.18. The molecule has 5 nitrogen and oxygen atoms in total. The summed E-state index contributed by atoms with van der Waals surface area (Å²) in [6, 6.07) is 1.62. The van der Waals surface area contributed by atoms with Crippen LogP contribution in [0.5, 0.6) is 0 Å². The SMILES string of the molecule is Cc1csc(S(=O)(=O)N2C[C@@H](C)[C@H](C(=O)O)C2)c1. The zero-order chi connectivity index (χ0) is 13.5. The van der Waals surface area contributed by atoms with Gasteiger partial charge in [0.05, 0.1) is 5.92 Å². The van der Waals surface area contributed by atoms with Gasteiger partial charge in [-0.25, -0.2) is 8.42 Å². The van der Waals surface area contributed by atoms with Gasteiger partial charge in [0, 0.05) is 13.1 Å². The van der Waals surface area contributed by atoms with Crippen molar-refractivity contribution in [3.8, 4) is 0 Å². The van der Waals surface area contributed by atoms with Gasteiger partial charge in [-0.05, 0) is 29.9 Å². The predicted octanol–water partition coefficient (Wildman–Crippen LogP) is 1.40. The smallest absolute Gasteiger partial charge is 0.308 e. The first-order valence-electron chi connectivity index (χ1n) is 5.60. The molecule has 1 saturated heterocycles. The molecule has 7 heteroatoms. The Hall–Kier alpha value is -0.920. The highest BCUT2D eigenvalue weighted by Crippen LogP contribution is 2.31. The van der Waals surface area contributed by atoms with Crippen LogP contribution in [0.25, 0.3) is 0 Å². The first-order chi connectivity index (χ1) is 8.32. The molecular formula is C11H15NO4S2. The normalized spacial score (nSPS) is 25.4. The van der Waals surface area contributed by atoms with E-state index in [0.29, 0.717) is 4.21 Å². The van der Waals surface area contributed by atoms with Gasteiger partial charge in [0.25, 0.3) is 10.0 Å². The van der Waals surface area contributed by atoms with Crippen molar-refractivity contribution in [3.63, 3.8) is 0 Å². The van der Waals surface area contributed by atoms with Crippen LogP contribution in [0.2, 0.25) is 0 Å². The summed E-state index contributed by atoms with van der Waals surface area (Å²) in [4.78, 5) is 11.0. The number of carbonyl (C=O) groups is 1. The summed E-state index contributed by atoms with van der Waals surface area (Å²) in [5.41, 5.74) is 0.903. The van der Waals surface area contributed by atoms with Crippen LogP contribution in [0.3, 0.4) is 0 Å². The average molecular weight is 289 g/mol. The summed E-state index contributed by atoms with van der Waals surface area (Å²) < 4.78 is 26.2. The van der Waals surface area contributed by atoms with Crippen LogP contribution in [0.15, 0.2) is 15.7 Å². The minimum Gasteiger partial charge on any atom is -0.481 e. The van der Waals surface area contributed by atoms with Crippen LogP contribution in [-0.4, -0.2) is 36.9 Å². The molecule has 1 aliphatic rings. The van der Waals surface area contributed by atoms with Crippen molar-refractivity contribution in [2.45, 2.75) is 18.1 Å². The highest BCUT2D eigenvalue weighted by atomic mass is 32.2. The van der Waals surface area contributed by atoms with Crippen molar-refractivity contribution < 1.29 is 18.3 Å². The Morgan fingerprint density at radius 2 is 2.17 bits per heavy atom. The molecule has 0 radical (unpaired) electrons. The molecule has 2 heterocycles. The van der Waals surface area contributed by atoms with Crippen molar-refractivity contribution in [1.82, 2.24) is 4.31 Å². The molecule has 2 atom stereocenters. The second-order valence-electron chi connectivity index (χ2n) is 4.69. The van der Waals surface area contributed by atoms with Crippen LogP contribution >= 0.6 is 11.3 Å². The fourth-order valence-electron chi connectivity index (χ4n) is 2.11. The Morgan fingerprint density at radius 1 is 1.50 bits per heavy atom. The summed E-state index contributed by atoms with van der Waals surface area (Å²) in [6.07, 6.45) is 0. The molecule has 1 N–H and O–H groups in total. The standard InChI is InChI=1S/C11H15NO4S2/c1-7-3-10(17-6-7)18(15,16)12-4-8(2)9(5-12)11(13)14/h3,6,8-9H,4-5H2,1-2H3,(H,13,14)/t8-,9-/m1/s1. The van der Waals surface area contributed by atoms with Crippen LogP contribution < -0.4 is 0 Å². The monoisotopic (exact) mass is 289 g/mol. The third kappa shape index (κ3) is 2.30. The third-order valence-corrected chi connectivity index (χ3v) is 6.56. The molecule has 0 bridgehead atoms. The van der Waals surface area contributed by atoms with Gasteiger partial charge in [-0.3, -0.25) is 4.79 Å². The van der Waals surface area contributed by atoms with Crippen LogP contribution in [-0.2, 0) is 14.8 Å². The minimum absolute atomic E-state index is 0.0653. The lowest BCUT2D eigenvalue weighted by atomic mass is 9.99. The molecular weight excluding hydrogens is 274 g/mol. The molecule has 2 rings (SSSR count). The van der Waals surface area contributed by atoms with Crippen molar-refractivity contribution >= 4 is 27.3 Å². The van der Waals surface area contributed by atoms with E-state index in [4.69, 9.17) is 5.11 Å². The van der Waals surface area contributed by atoms with Crippen LogP contribution in [0, 0.1) is 18.8 Å². The first-order valence-corrected chi connectivity index (χ1v) is 7.92. The number of aliphatic carboxylic acids is 1. The molecule has 1 aromatic heterocycles. The topological polar surface area (TPSA) is 74.7 Å². The highest BCUT2D eigenvalue weighted by Gasteiger charge is 2.41. The molecule has 100 valence electrons. The molecule has 0 unspecified atom stereocenters. The van der Waals surface area contributed by atoms with Gasteiger partial charge >= 0.3 is 5.97 Å². The number of rotatable bonds is 3. The number of thiophene rings is 1.